The van der Waals surface area contributed by atoms with Gasteiger partial charge in [0, 0.05) is 12.7 Å². The van der Waals surface area contributed by atoms with E-state index in [1.807, 2.05) is 0 Å². The highest BCUT2D eigenvalue weighted by molar-refractivity contribution is 5.87. The molecule has 1 aromatic carbocycles. The first kappa shape index (κ1) is 21.3. The van der Waals surface area contributed by atoms with Gasteiger partial charge in [0.15, 0.2) is 0 Å². The zero-order chi connectivity index (χ0) is 21.3. The first-order valence-corrected chi connectivity index (χ1v) is 9.24. The molecule has 1 fully saturated rings. The van der Waals surface area contributed by atoms with Gasteiger partial charge in [-0.2, -0.15) is 0 Å². The second-order valence-corrected chi connectivity index (χ2v) is 7.44. The molecular weight excluding hydrogens is 380 g/mol. The number of ether oxygens (including phenoxy) is 4. The summed E-state index contributed by atoms with van der Waals surface area (Å²) in [6.07, 6.45) is -2.83. The number of hydrogen-bond donors (Lipinski definition) is 2. The van der Waals surface area contributed by atoms with Crippen LogP contribution in [0.1, 0.15) is 19.4 Å². The number of rotatable bonds is 6. The van der Waals surface area contributed by atoms with Crippen LogP contribution in [0.4, 0.5) is 0 Å². The normalized spacial score (nSPS) is 26.3. The van der Waals surface area contributed by atoms with E-state index in [1.54, 1.807) is 39.0 Å². The summed E-state index contributed by atoms with van der Waals surface area (Å²) < 4.78 is 27.9. The van der Waals surface area contributed by atoms with Crippen molar-refractivity contribution in [1.29, 1.82) is 0 Å². The van der Waals surface area contributed by atoms with Crippen molar-refractivity contribution >= 4 is 11.0 Å². The molecular formula is C21H26O8. The quantitative estimate of drug-likeness (QED) is 0.553. The monoisotopic (exact) mass is 406 g/mol. The second kappa shape index (κ2) is 8.16. The maximum absolute atomic E-state index is 11.9. The van der Waals surface area contributed by atoms with E-state index in [2.05, 4.69) is 6.58 Å². The number of aliphatic hydroxyl groups excluding tert-OH is 2. The topological polar surface area (TPSA) is 108 Å². The predicted octanol–water partition coefficient (Wildman–Crippen LogP) is 1.92. The Hall–Kier alpha value is -2.39. The van der Waals surface area contributed by atoms with Crippen LogP contribution < -0.4 is 15.1 Å². The summed E-state index contributed by atoms with van der Waals surface area (Å²) in [5.41, 5.74) is -0.638. The number of fused-ring (bicyclic) bond motifs is 1. The van der Waals surface area contributed by atoms with Crippen LogP contribution in [0.15, 0.2) is 40.1 Å². The van der Waals surface area contributed by atoms with Crippen LogP contribution in [0.5, 0.6) is 11.5 Å². The molecule has 3 rings (SSSR count). The first-order chi connectivity index (χ1) is 13.7. The average Bonchev–Trinajstić information content (AvgIpc) is 2.66. The largest absolute Gasteiger partial charge is 0.489 e. The summed E-state index contributed by atoms with van der Waals surface area (Å²) in [6.45, 7) is 9.03. The molecule has 1 aliphatic rings. The van der Waals surface area contributed by atoms with E-state index in [1.165, 1.54) is 13.2 Å². The van der Waals surface area contributed by atoms with Crippen LogP contribution in [-0.2, 0) is 9.47 Å². The number of benzene rings is 1. The van der Waals surface area contributed by atoms with Crippen molar-refractivity contribution in [2.24, 2.45) is 0 Å². The molecule has 4 atom stereocenters. The fourth-order valence-electron chi connectivity index (χ4n) is 3.54. The lowest BCUT2D eigenvalue weighted by Crippen LogP contribution is -2.63. The predicted molar refractivity (Wildman–Crippen MR) is 105 cm³/mol. The molecule has 2 N–H and O–H groups in total. The zero-order valence-corrected chi connectivity index (χ0v) is 16.9. The molecule has 1 aromatic heterocycles. The second-order valence-electron chi connectivity index (χ2n) is 7.44. The molecule has 8 heteroatoms. The van der Waals surface area contributed by atoms with E-state index in [9.17, 15) is 15.0 Å². The van der Waals surface area contributed by atoms with Crippen molar-refractivity contribution in [3.63, 3.8) is 0 Å². The van der Waals surface area contributed by atoms with E-state index in [0.717, 1.165) is 0 Å². The van der Waals surface area contributed by atoms with Crippen molar-refractivity contribution in [3.05, 3.63) is 46.8 Å². The number of methoxy groups -OCH3 is 1. The van der Waals surface area contributed by atoms with Crippen LogP contribution in [0, 0.1) is 6.92 Å². The van der Waals surface area contributed by atoms with Crippen LogP contribution >= 0.6 is 0 Å². The Morgan fingerprint density at radius 3 is 2.62 bits per heavy atom. The third-order valence-corrected chi connectivity index (χ3v) is 4.97. The van der Waals surface area contributed by atoms with Gasteiger partial charge in [-0.15, -0.1) is 0 Å². The average molecular weight is 406 g/mol. The summed E-state index contributed by atoms with van der Waals surface area (Å²) >= 11 is 0. The highest BCUT2D eigenvalue weighted by Crippen LogP contribution is 2.36. The summed E-state index contributed by atoms with van der Waals surface area (Å²) in [5, 5.41) is 21.4. The van der Waals surface area contributed by atoms with Gasteiger partial charge in [-0.3, -0.25) is 0 Å². The zero-order valence-electron chi connectivity index (χ0n) is 16.9. The van der Waals surface area contributed by atoms with Crippen LogP contribution in [0.2, 0.25) is 0 Å². The van der Waals surface area contributed by atoms with Gasteiger partial charge in [0.2, 0.25) is 6.29 Å². The van der Waals surface area contributed by atoms with Gasteiger partial charge in [-0.05, 0) is 32.9 Å². The first-order valence-electron chi connectivity index (χ1n) is 9.24. The fourth-order valence-corrected chi connectivity index (χ4v) is 3.54. The fraction of sp³-hybridized carbons (Fsp3) is 0.476. The van der Waals surface area contributed by atoms with E-state index < -0.39 is 35.8 Å². The van der Waals surface area contributed by atoms with Crippen LogP contribution in [-0.4, -0.2) is 54.1 Å². The van der Waals surface area contributed by atoms with Gasteiger partial charge < -0.3 is 33.6 Å². The van der Waals surface area contributed by atoms with Gasteiger partial charge in [-0.1, -0.05) is 12.7 Å². The molecule has 0 unspecified atom stereocenters. The highest BCUT2D eigenvalue weighted by Gasteiger charge is 2.50. The van der Waals surface area contributed by atoms with Crippen molar-refractivity contribution in [2.45, 2.75) is 51.0 Å². The van der Waals surface area contributed by atoms with Crippen molar-refractivity contribution < 1.29 is 33.6 Å². The minimum atomic E-state index is -1.34. The molecule has 0 bridgehead atoms. The molecule has 8 nitrogen and oxygen atoms in total. The molecule has 29 heavy (non-hydrogen) atoms. The summed E-state index contributed by atoms with van der Waals surface area (Å²) in [7, 11) is 1.44. The number of hydrogen-bond acceptors (Lipinski definition) is 8. The van der Waals surface area contributed by atoms with Crippen molar-refractivity contribution in [2.75, 3.05) is 13.7 Å². The Labute approximate surface area is 168 Å². The third-order valence-electron chi connectivity index (χ3n) is 4.97. The Kier molecular flexibility index (Phi) is 6.00. The van der Waals surface area contributed by atoms with Gasteiger partial charge in [-0.25, -0.2) is 4.79 Å². The Bertz CT molecular complexity index is 948. The molecule has 0 radical (unpaired) electrons. The SMILES string of the molecule is C=CCOc1cc(=O)oc2c(C)c(O[C@@H]3OC(C)(C)[C@H](OC)[C@H](O)[C@H]3O)ccc12. The number of aliphatic hydroxyl groups is 2. The van der Waals surface area contributed by atoms with Gasteiger partial charge in [0.25, 0.3) is 0 Å². The molecule has 1 saturated heterocycles. The summed E-state index contributed by atoms with van der Waals surface area (Å²) in [5.74, 6) is 0.712. The van der Waals surface area contributed by atoms with Gasteiger partial charge >= 0.3 is 5.63 Å². The third kappa shape index (κ3) is 4.02. The van der Waals surface area contributed by atoms with E-state index in [4.69, 9.17) is 23.4 Å². The molecule has 0 aliphatic carbocycles. The molecule has 158 valence electrons. The Morgan fingerprint density at radius 1 is 1.24 bits per heavy atom. The summed E-state index contributed by atoms with van der Waals surface area (Å²) in [6, 6.07) is 4.62. The van der Waals surface area contributed by atoms with Crippen molar-refractivity contribution in [1.82, 2.24) is 0 Å². The minimum Gasteiger partial charge on any atom is -0.489 e. The summed E-state index contributed by atoms with van der Waals surface area (Å²) in [4.78, 5) is 11.9. The smallest absolute Gasteiger partial charge is 0.339 e. The van der Waals surface area contributed by atoms with Gasteiger partial charge in [0.1, 0.15) is 42.0 Å². The number of aryl methyl sites for hydroxylation is 1. The maximum Gasteiger partial charge on any atom is 0.339 e. The van der Waals surface area contributed by atoms with E-state index >= 15 is 0 Å². The minimum absolute atomic E-state index is 0.242. The van der Waals surface area contributed by atoms with E-state index in [0.29, 0.717) is 28.0 Å². The Morgan fingerprint density at radius 2 is 1.97 bits per heavy atom. The lowest BCUT2D eigenvalue weighted by molar-refractivity contribution is -0.306. The molecule has 0 amide bonds. The molecule has 0 spiro atoms. The van der Waals surface area contributed by atoms with Crippen molar-refractivity contribution in [3.8, 4) is 11.5 Å². The standard InChI is InChI=1S/C21H26O8/c1-6-9-26-14-10-15(22)28-18-11(2)13(8-7-12(14)18)27-20-17(24)16(23)19(25-5)21(3,4)29-20/h6-8,10,16-17,19-20,23-24H,1,9H2,2-5H3/t16-,17-,19-,20-/m1/s1. The Balaban J connectivity index is 1.96. The lowest BCUT2D eigenvalue weighted by atomic mass is 9.89. The van der Waals surface area contributed by atoms with Gasteiger partial charge in [0.05, 0.1) is 17.1 Å². The maximum atomic E-state index is 11.9. The lowest BCUT2D eigenvalue weighted by Gasteiger charge is -2.46. The highest BCUT2D eigenvalue weighted by atomic mass is 16.7. The van der Waals surface area contributed by atoms with Crippen LogP contribution in [0.3, 0.4) is 0 Å². The molecule has 2 aromatic rings. The molecule has 1 aliphatic heterocycles. The molecule has 2 heterocycles. The van der Waals surface area contributed by atoms with Crippen LogP contribution in [0.25, 0.3) is 11.0 Å². The van der Waals surface area contributed by atoms with E-state index in [-0.39, 0.29) is 6.61 Å². The molecule has 0 saturated carbocycles.